The van der Waals surface area contributed by atoms with Crippen molar-refractivity contribution in [2.75, 3.05) is 5.32 Å². The van der Waals surface area contributed by atoms with E-state index >= 15 is 0 Å². The predicted octanol–water partition coefficient (Wildman–Crippen LogP) is 3.02. The van der Waals surface area contributed by atoms with Crippen molar-refractivity contribution in [2.24, 2.45) is 5.41 Å². The van der Waals surface area contributed by atoms with Crippen molar-refractivity contribution in [2.45, 2.75) is 32.1 Å². The molecular formula is C14H15F2NO2. The van der Waals surface area contributed by atoms with E-state index in [1.165, 1.54) is 0 Å². The molecular weight excluding hydrogens is 252 g/mol. The first-order valence-corrected chi connectivity index (χ1v) is 6.25. The van der Waals surface area contributed by atoms with Gasteiger partial charge >= 0.3 is 0 Å². The quantitative estimate of drug-likeness (QED) is 0.856. The minimum atomic E-state index is -2.97. The highest BCUT2D eigenvalue weighted by atomic mass is 19.3. The van der Waals surface area contributed by atoms with E-state index in [0.29, 0.717) is 18.5 Å². The number of hydrogen-bond donors (Lipinski definition) is 1. The van der Waals surface area contributed by atoms with Crippen molar-refractivity contribution < 1.29 is 18.4 Å². The molecule has 1 amide bonds. The number of carbonyl (C=O) groups excluding carboxylic acids is 2. The van der Waals surface area contributed by atoms with Gasteiger partial charge in [-0.1, -0.05) is 24.6 Å². The molecule has 102 valence electrons. The molecule has 0 radical (unpaired) electrons. The number of para-hydroxylation sites is 1. The van der Waals surface area contributed by atoms with Crippen LogP contribution in [0.4, 0.5) is 14.5 Å². The lowest BCUT2D eigenvalue weighted by Gasteiger charge is -2.33. The van der Waals surface area contributed by atoms with Gasteiger partial charge < -0.3 is 5.32 Å². The summed E-state index contributed by atoms with van der Waals surface area (Å²) in [6, 6.07) is 8.33. The highest BCUT2D eigenvalue weighted by Crippen LogP contribution is 2.39. The van der Waals surface area contributed by atoms with Crippen LogP contribution in [-0.4, -0.2) is 18.1 Å². The third kappa shape index (κ3) is 2.50. The zero-order valence-electron chi connectivity index (χ0n) is 10.4. The molecule has 1 aliphatic rings. The van der Waals surface area contributed by atoms with E-state index in [4.69, 9.17) is 0 Å². The third-order valence-electron chi connectivity index (χ3n) is 3.53. The van der Waals surface area contributed by atoms with Crippen molar-refractivity contribution in [3.8, 4) is 0 Å². The molecule has 1 N–H and O–H groups in total. The summed E-state index contributed by atoms with van der Waals surface area (Å²) >= 11 is 0. The van der Waals surface area contributed by atoms with Crippen LogP contribution in [0.2, 0.25) is 0 Å². The molecule has 1 aliphatic carbocycles. The van der Waals surface area contributed by atoms with Gasteiger partial charge in [0.2, 0.25) is 5.91 Å². The van der Waals surface area contributed by atoms with E-state index in [1.807, 2.05) is 0 Å². The van der Waals surface area contributed by atoms with Gasteiger partial charge in [0.15, 0.2) is 11.2 Å². The molecule has 1 saturated carbocycles. The van der Waals surface area contributed by atoms with E-state index in [1.54, 1.807) is 30.3 Å². The Kier molecular flexibility index (Phi) is 3.93. The van der Waals surface area contributed by atoms with E-state index in [2.05, 4.69) is 5.32 Å². The smallest absolute Gasteiger partial charge is 0.259 e. The minimum absolute atomic E-state index is 0.0482. The summed E-state index contributed by atoms with van der Waals surface area (Å²) in [5, 5.41) is 2.42. The molecule has 0 aromatic heterocycles. The zero-order valence-corrected chi connectivity index (χ0v) is 10.4. The van der Waals surface area contributed by atoms with Crippen LogP contribution in [0, 0.1) is 5.41 Å². The summed E-state index contributed by atoms with van der Waals surface area (Å²) in [5.41, 5.74) is -1.75. The number of carbonyl (C=O) groups is 2. The van der Waals surface area contributed by atoms with Crippen molar-refractivity contribution in [1.82, 2.24) is 0 Å². The van der Waals surface area contributed by atoms with E-state index < -0.39 is 23.5 Å². The molecule has 1 aromatic rings. The summed E-state index contributed by atoms with van der Waals surface area (Å²) in [4.78, 5) is 24.0. The molecule has 1 unspecified atom stereocenters. The number of halogens is 2. The number of amides is 1. The Morgan fingerprint density at radius 2 is 1.89 bits per heavy atom. The number of alkyl halides is 2. The van der Waals surface area contributed by atoms with E-state index in [0.717, 1.165) is 0 Å². The Balaban J connectivity index is 2.24. The van der Waals surface area contributed by atoms with Crippen LogP contribution in [0.25, 0.3) is 0 Å². The molecule has 1 fully saturated rings. The van der Waals surface area contributed by atoms with Crippen LogP contribution in [0.5, 0.6) is 0 Å². The maximum absolute atomic E-state index is 13.3. The second kappa shape index (κ2) is 5.47. The fraction of sp³-hybridized carbons (Fsp3) is 0.429. The molecule has 5 heteroatoms. The van der Waals surface area contributed by atoms with Crippen LogP contribution in [-0.2, 0) is 9.59 Å². The first-order valence-electron chi connectivity index (χ1n) is 6.25. The Hall–Kier alpha value is -1.78. The molecule has 1 aromatic carbocycles. The molecule has 19 heavy (non-hydrogen) atoms. The number of ketones is 1. The summed E-state index contributed by atoms with van der Waals surface area (Å²) in [5.74, 6) is -1.54. The van der Waals surface area contributed by atoms with E-state index in [9.17, 15) is 18.4 Å². The largest absolute Gasteiger partial charge is 0.325 e. The van der Waals surface area contributed by atoms with Gasteiger partial charge in [0.1, 0.15) is 0 Å². The molecule has 1 atom stereocenters. The van der Waals surface area contributed by atoms with Crippen molar-refractivity contribution in [1.29, 1.82) is 0 Å². The normalized spacial score (nSPS) is 23.4. The molecule has 3 nitrogen and oxygen atoms in total. The number of rotatable bonds is 3. The number of Topliss-reactive ketones (excluding diaryl/α,β-unsaturated/α-hetero) is 1. The molecule has 0 saturated heterocycles. The minimum Gasteiger partial charge on any atom is -0.325 e. The van der Waals surface area contributed by atoms with Gasteiger partial charge in [-0.15, -0.1) is 0 Å². The standard InChI is InChI=1S/C14H15F2NO2/c15-12(16)14(9-5-4-8-11(14)18)13(19)17-10-6-2-1-3-7-10/h1-3,6-7,12H,4-5,8-9H2,(H,17,19). The zero-order chi connectivity index (χ0) is 13.9. The van der Waals surface area contributed by atoms with Crippen molar-refractivity contribution in [3.05, 3.63) is 30.3 Å². The maximum Gasteiger partial charge on any atom is 0.259 e. The third-order valence-corrected chi connectivity index (χ3v) is 3.53. The molecule has 2 rings (SSSR count). The van der Waals surface area contributed by atoms with Crippen molar-refractivity contribution >= 4 is 17.4 Å². The SMILES string of the molecule is O=C1CCCCC1(C(=O)Nc1ccccc1)C(F)F. The van der Waals surface area contributed by atoms with E-state index in [-0.39, 0.29) is 12.8 Å². The molecule has 0 aliphatic heterocycles. The van der Waals surface area contributed by atoms with Gasteiger partial charge in [-0.25, -0.2) is 8.78 Å². The molecule has 0 heterocycles. The highest BCUT2D eigenvalue weighted by Gasteiger charge is 2.54. The molecule has 0 bridgehead atoms. The average molecular weight is 267 g/mol. The lowest BCUT2D eigenvalue weighted by Crippen LogP contribution is -2.50. The number of anilines is 1. The Morgan fingerprint density at radius 3 is 2.47 bits per heavy atom. The van der Waals surface area contributed by atoms with Crippen molar-refractivity contribution in [3.63, 3.8) is 0 Å². The Bertz CT molecular complexity index is 476. The fourth-order valence-corrected chi connectivity index (χ4v) is 2.39. The maximum atomic E-state index is 13.3. The lowest BCUT2D eigenvalue weighted by molar-refractivity contribution is -0.153. The lowest BCUT2D eigenvalue weighted by atomic mass is 9.72. The monoisotopic (exact) mass is 267 g/mol. The van der Waals surface area contributed by atoms with Crippen LogP contribution in [0.1, 0.15) is 25.7 Å². The first-order chi connectivity index (χ1) is 9.07. The summed E-state index contributed by atoms with van der Waals surface area (Å²) in [7, 11) is 0. The van der Waals surface area contributed by atoms with Gasteiger partial charge in [0.05, 0.1) is 0 Å². The second-order valence-electron chi connectivity index (χ2n) is 4.72. The van der Waals surface area contributed by atoms with Crippen LogP contribution in [0.3, 0.4) is 0 Å². The number of benzene rings is 1. The summed E-state index contributed by atoms with van der Waals surface area (Å²) in [6.07, 6.45) is -1.96. The van der Waals surface area contributed by atoms with Crippen LogP contribution in [0.15, 0.2) is 30.3 Å². The van der Waals surface area contributed by atoms with Gasteiger partial charge in [-0.3, -0.25) is 9.59 Å². The van der Waals surface area contributed by atoms with Gasteiger partial charge in [0.25, 0.3) is 6.43 Å². The van der Waals surface area contributed by atoms with Crippen LogP contribution < -0.4 is 5.32 Å². The summed E-state index contributed by atoms with van der Waals surface area (Å²) in [6.45, 7) is 0. The Labute approximate surface area is 110 Å². The predicted molar refractivity (Wildman–Crippen MR) is 67.0 cm³/mol. The highest BCUT2D eigenvalue weighted by molar-refractivity contribution is 6.12. The summed E-state index contributed by atoms with van der Waals surface area (Å²) < 4.78 is 26.6. The number of hydrogen-bond acceptors (Lipinski definition) is 2. The van der Waals surface area contributed by atoms with Gasteiger partial charge in [0, 0.05) is 12.1 Å². The number of nitrogens with one attached hydrogen (secondary N) is 1. The second-order valence-corrected chi connectivity index (χ2v) is 4.72. The topological polar surface area (TPSA) is 46.2 Å². The average Bonchev–Trinajstić information content (AvgIpc) is 2.40. The van der Waals surface area contributed by atoms with Gasteiger partial charge in [-0.2, -0.15) is 0 Å². The van der Waals surface area contributed by atoms with Crippen LogP contribution >= 0.6 is 0 Å². The fourth-order valence-electron chi connectivity index (χ4n) is 2.39. The molecule has 0 spiro atoms. The first kappa shape index (κ1) is 13.6. The Morgan fingerprint density at radius 1 is 1.21 bits per heavy atom. The van der Waals surface area contributed by atoms with Gasteiger partial charge in [-0.05, 0) is 25.0 Å².